The van der Waals surface area contributed by atoms with Crippen molar-refractivity contribution < 1.29 is 18.3 Å². The van der Waals surface area contributed by atoms with Gasteiger partial charge in [-0.2, -0.15) is 0 Å². The van der Waals surface area contributed by atoms with Gasteiger partial charge in [-0.25, -0.2) is 8.78 Å². The summed E-state index contributed by atoms with van der Waals surface area (Å²) in [5.74, 6) is -3.89. The molecule has 0 amide bonds. The van der Waals surface area contributed by atoms with Crippen molar-refractivity contribution in [3.05, 3.63) is 0 Å². The number of carbonyl (C=O) groups excluding carboxylic acids is 1. The molecule has 4 heteroatoms. The second-order valence-corrected chi connectivity index (χ2v) is 3.17. The van der Waals surface area contributed by atoms with Gasteiger partial charge in [0.25, 0.3) is 5.92 Å². The molecule has 0 saturated heterocycles. The van der Waals surface area contributed by atoms with E-state index in [1.165, 1.54) is 20.8 Å². The van der Waals surface area contributed by atoms with E-state index in [9.17, 15) is 13.6 Å². The van der Waals surface area contributed by atoms with Crippen LogP contribution < -0.4 is 0 Å². The average molecular weight is 180 g/mol. The molecule has 0 unspecified atom stereocenters. The highest BCUT2D eigenvalue weighted by Crippen LogP contribution is 2.39. The zero-order valence-electron chi connectivity index (χ0n) is 7.78. The first-order valence-corrected chi connectivity index (χ1v) is 3.76. The van der Waals surface area contributed by atoms with E-state index in [2.05, 4.69) is 4.74 Å². The normalized spacial score (nSPS) is 12.8. The van der Waals surface area contributed by atoms with Crippen LogP contribution >= 0.6 is 0 Å². The summed E-state index contributed by atoms with van der Waals surface area (Å²) in [6.07, 6.45) is -0.366. The lowest BCUT2D eigenvalue weighted by Gasteiger charge is -2.30. The fraction of sp³-hybridized carbons (Fsp3) is 0.875. The topological polar surface area (TPSA) is 26.3 Å². The Morgan fingerprint density at radius 1 is 1.42 bits per heavy atom. The van der Waals surface area contributed by atoms with Gasteiger partial charge in [0.2, 0.25) is 0 Å². The van der Waals surface area contributed by atoms with E-state index in [1.807, 2.05) is 0 Å². The number of hydrogen-bond donors (Lipinski definition) is 0. The third kappa shape index (κ3) is 1.73. The van der Waals surface area contributed by atoms with E-state index >= 15 is 0 Å². The van der Waals surface area contributed by atoms with E-state index in [-0.39, 0.29) is 6.42 Å². The Labute approximate surface area is 70.9 Å². The summed E-state index contributed by atoms with van der Waals surface area (Å²) in [7, 11) is 1.11. The minimum Gasteiger partial charge on any atom is -0.468 e. The van der Waals surface area contributed by atoms with Gasteiger partial charge < -0.3 is 4.74 Å². The molecule has 0 aromatic heterocycles. The Kier molecular flexibility index (Phi) is 3.18. The number of halogens is 2. The van der Waals surface area contributed by atoms with Gasteiger partial charge in [0.15, 0.2) is 0 Å². The van der Waals surface area contributed by atoms with E-state index in [4.69, 9.17) is 0 Å². The molecule has 0 spiro atoms. The number of carbonyl (C=O) groups is 1. The minimum absolute atomic E-state index is 0.366. The summed E-state index contributed by atoms with van der Waals surface area (Å²) < 4.78 is 30.4. The lowest BCUT2D eigenvalue weighted by atomic mass is 9.84. The summed E-state index contributed by atoms with van der Waals surface area (Å²) >= 11 is 0. The number of rotatable bonds is 3. The lowest BCUT2D eigenvalue weighted by Crippen LogP contribution is -2.43. The van der Waals surface area contributed by atoms with Gasteiger partial charge >= 0.3 is 5.97 Å². The van der Waals surface area contributed by atoms with Gasteiger partial charge in [-0.15, -0.1) is 0 Å². The van der Waals surface area contributed by atoms with Crippen molar-refractivity contribution >= 4 is 5.97 Å². The van der Waals surface area contributed by atoms with Crippen LogP contribution in [0.15, 0.2) is 0 Å². The van der Waals surface area contributed by atoms with Crippen LogP contribution in [-0.4, -0.2) is 19.0 Å². The van der Waals surface area contributed by atoms with Crippen molar-refractivity contribution in [2.45, 2.75) is 33.1 Å². The maximum atomic E-state index is 13.1. The summed E-state index contributed by atoms with van der Waals surface area (Å²) in [4.78, 5) is 10.9. The third-order valence-corrected chi connectivity index (χ3v) is 2.05. The average Bonchev–Trinajstić information content (AvgIpc) is 2.02. The van der Waals surface area contributed by atoms with Gasteiger partial charge in [0.1, 0.15) is 5.41 Å². The molecular formula is C8H14F2O2. The molecule has 12 heavy (non-hydrogen) atoms. The van der Waals surface area contributed by atoms with Crippen molar-refractivity contribution in [3.8, 4) is 0 Å². The first kappa shape index (κ1) is 11.3. The van der Waals surface area contributed by atoms with Gasteiger partial charge in [0.05, 0.1) is 7.11 Å². The van der Waals surface area contributed by atoms with Crippen molar-refractivity contribution in [3.63, 3.8) is 0 Å². The Balaban J connectivity index is 4.71. The number of ether oxygens (including phenoxy) is 1. The fourth-order valence-corrected chi connectivity index (χ4v) is 0.846. The molecule has 0 bridgehead atoms. The van der Waals surface area contributed by atoms with Gasteiger partial charge in [0, 0.05) is 6.42 Å². The van der Waals surface area contributed by atoms with Crippen LogP contribution in [-0.2, 0) is 9.53 Å². The van der Waals surface area contributed by atoms with Crippen molar-refractivity contribution in [1.82, 2.24) is 0 Å². The van der Waals surface area contributed by atoms with Crippen LogP contribution in [0, 0.1) is 5.41 Å². The Bertz CT molecular complexity index is 176. The Hall–Kier alpha value is -0.670. The standard InChI is InChI=1S/C8H14F2O2/c1-5-8(9,10)7(2,3)6(11)12-4/h5H2,1-4H3. The molecule has 0 rings (SSSR count). The number of hydrogen-bond acceptors (Lipinski definition) is 2. The highest BCUT2D eigenvalue weighted by Gasteiger charge is 2.51. The van der Waals surface area contributed by atoms with Gasteiger partial charge in [-0.1, -0.05) is 6.92 Å². The SMILES string of the molecule is CCC(F)(F)C(C)(C)C(=O)OC. The highest BCUT2D eigenvalue weighted by molar-refractivity contribution is 5.77. The van der Waals surface area contributed by atoms with Crippen molar-refractivity contribution in [2.75, 3.05) is 7.11 Å². The number of alkyl halides is 2. The highest BCUT2D eigenvalue weighted by atomic mass is 19.3. The molecule has 0 fully saturated rings. The first-order valence-electron chi connectivity index (χ1n) is 3.76. The van der Waals surface area contributed by atoms with Crippen LogP contribution in [0.25, 0.3) is 0 Å². The second kappa shape index (κ2) is 3.37. The second-order valence-electron chi connectivity index (χ2n) is 3.17. The van der Waals surface area contributed by atoms with Crippen LogP contribution in [0.1, 0.15) is 27.2 Å². The maximum absolute atomic E-state index is 13.1. The van der Waals surface area contributed by atoms with E-state index in [0.29, 0.717) is 0 Å². The Morgan fingerprint density at radius 2 is 1.83 bits per heavy atom. The lowest BCUT2D eigenvalue weighted by molar-refractivity contribution is -0.177. The number of esters is 1. The molecule has 0 aliphatic heterocycles. The molecule has 0 atom stereocenters. The van der Waals surface area contributed by atoms with Crippen molar-refractivity contribution in [2.24, 2.45) is 5.41 Å². The molecule has 0 radical (unpaired) electrons. The van der Waals surface area contributed by atoms with Crippen LogP contribution in [0.2, 0.25) is 0 Å². The molecule has 0 heterocycles. The quantitative estimate of drug-likeness (QED) is 0.622. The van der Waals surface area contributed by atoms with Crippen LogP contribution in [0.5, 0.6) is 0 Å². The first-order chi connectivity index (χ1) is 5.29. The zero-order chi connectivity index (χ0) is 9.99. The molecule has 0 aliphatic carbocycles. The van der Waals surface area contributed by atoms with Crippen LogP contribution in [0.3, 0.4) is 0 Å². The summed E-state index contributed by atoms with van der Waals surface area (Å²) in [6, 6.07) is 0. The predicted molar refractivity (Wildman–Crippen MR) is 41.0 cm³/mol. The van der Waals surface area contributed by atoms with Gasteiger partial charge in [-0.05, 0) is 13.8 Å². The van der Waals surface area contributed by atoms with E-state index < -0.39 is 17.3 Å². The molecule has 72 valence electrons. The minimum atomic E-state index is -3.01. The summed E-state index contributed by atoms with van der Waals surface area (Å²) in [6.45, 7) is 3.70. The van der Waals surface area contributed by atoms with Gasteiger partial charge in [-0.3, -0.25) is 4.79 Å². The molecule has 0 saturated carbocycles. The molecule has 0 aliphatic rings. The molecule has 0 aromatic carbocycles. The smallest absolute Gasteiger partial charge is 0.317 e. The zero-order valence-corrected chi connectivity index (χ0v) is 7.78. The maximum Gasteiger partial charge on any atom is 0.317 e. The largest absolute Gasteiger partial charge is 0.468 e. The molecule has 0 N–H and O–H groups in total. The third-order valence-electron chi connectivity index (χ3n) is 2.05. The van der Waals surface area contributed by atoms with Crippen LogP contribution in [0.4, 0.5) is 8.78 Å². The van der Waals surface area contributed by atoms with E-state index in [1.54, 1.807) is 0 Å². The van der Waals surface area contributed by atoms with Crippen molar-refractivity contribution in [1.29, 1.82) is 0 Å². The molecule has 2 nitrogen and oxygen atoms in total. The Morgan fingerprint density at radius 3 is 2.08 bits per heavy atom. The number of methoxy groups -OCH3 is 1. The fourth-order valence-electron chi connectivity index (χ4n) is 0.846. The summed E-state index contributed by atoms with van der Waals surface area (Å²) in [5, 5.41) is 0. The molecular weight excluding hydrogens is 166 g/mol. The predicted octanol–water partition coefficient (Wildman–Crippen LogP) is 2.23. The monoisotopic (exact) mass is 180 g/mol. The summed E-state index contributed by atoms with van der Waals surface area (Å²) in [5.41, 5.74) is -1.74. The van der Waals surface area contributed by atoms with E-state index in [0.717, 1.165) is 7.11 Å². The molecule has 0 aromatic rings.